The summed E-state index contributed by atoms with van der Waals surface area (Å²) >= 11 is 0. The third-order valence-electron chi connectivity index (χ3n) is 2.58. The molecule has 0 spiro atoms. The molecule has 1 aromatic heterocycles. The second-order valence-electron chi connectivity index (χ2n) is 4.00. The minimum Gasteiger partial charge on any atom is -0.497 e. The number of hydrogen-bond acceptors (Lipinski definition) is 5. The fourth-order valence-electron chi connectivity index (χ4n) is 1.58. The predicted octanol–water partition coefficient (Wildman–Crippen LogP) is 1.36. The number of aryl methyl sites for hydroxylation is 1. The highest BCUT2D eigenvalue weighted by atomic mass is 16.5. The summed E-state index contributed by atoms with van der Waals surface area (Å²) in [5.74, 6) is 0.899. The van der Waals surface area contributed by atoms with Crippen LogP contribution in [0.25, 0.3) is 0 Å². The van der Waals surface area contributed by atoms with Crippen molar-refractivity contribution in [1.29, 1.82) is 0 Å². The van der Waals surface area contributed by atoms with Crippen molar-refractivity contribution in [3.05, 3.63) is 41.5 Å². The van der Waals surface area contributed by atoms with Crippen LogP contribution in [0, 0.1) is 6.92 Å². The minimum absolute atomic E-state index is 0.00719. The van der Waals surface area contributed by atoms with Crippen molar-refractivity contribution >= 4 is 5.91 Å². The molecule has 1 aromatic carbocycles. The van der Waals surface area contributed by atoms with Crippen LogP contribution in [-0.2, 0) is 6.42 Å². The van der Waals surface area contributed by atoms with Crippen molar-refractivity contribution < 1.29 is 14.1 Å². The first-order valence-electron chi connectivity index (χ1n) is 5.90. The Morgan fingerprint density at radius 3 is 2.68 bits per heavy atom. The van der Waals surface area contributed by atoms with Crippen molar-refractivity contribution in [2.75, 3.05) is 13.7 Å². The fourth-order valence-corrected chi connectivity index (χ4v) is 1.58. The van der Waals surface area contributed by atoms with Crippen molar-refractivity contribution in [2.45, 2.75) is 13.3 Å². The average molecular weight is 261 g/mol. The van der Waals surface area contributed by atoms with E-state index in [1.165, 1.54) is 0 Å². The van der Waals surface area contributed by atoms with Crippen molar-refractivity contribution in [2.24, 2.45) is 0 Å². The lowest BCUT2D eigenvalue weighted by Crippen LogP contribution is -2.26. The first kappa shape index (κ1) is 13.1. The van der Waals surface area contributed by atoms with Gasteiger partial charge in [0.1, 0.15) is 5.75 Å². The maximum atomic E-state index is 11.6. The molecular weight excluding hydrogens is 246 g/mol. The Bertz CT molecular complexity index is 549. The molecule has 0 saturated heterocycles. The molecule has 0 aliphatic heterocycles. The monoisotopic (exact) mass is 261 g/mol. The lowest BCUT2D eigenvalue weighted by Gasteiger charge is -2.04. The summed E-state index contributed by atoms with van der Waals surface area (Å²) in [4.78, 5) is 15.5. The van der Waals surface area contributed by atoms with Crippen LogP contribution >= 0.6 is 0 Å². The molecular formula is C13H15N3O3. The van der Waals surface area contributed by atoms with Crippen LogP contribution in [0.15, 0.2) is 28.8 Å². The quantitative estimate of drug-likeness (QED) is 0.879. The molecule has 0 aliphatic carbocycles. The van der Waals surface area contributed by atoms with E-state index in [4.69, 9.17) is 9.26 Å². The summed E-state index contributed by atoms with van der Waals surface area (Å²) in [7, 11) is 1.63. The van der Waals surface area contributed by atoms with Crippen LogP contribution in [-0.4, -0.2) is 29.7 Å². The summed E-state index contributed by atoms with van der Waals surface area (Å²) in [6.07, 6.45) is 0.725. The van der Waals surface area contributed by atoms with E-state index < -0.39 is 0 Å². The molecule has 2 rings (SSSR count). The smallest absolute Gasteiger partial charge is 0.315 e. The van der Waals surface area contributed by atoms with Gasteiger partial charge in [0.15, 0.2) is 5.82 Å². The van der Waals surface area contributed by atoms with E-state index in [0.29, 0.717) is 12.4 Å². The number of ether oxygens (including phenoxy) is 1. The Labute approximate surface area is 110 Å². The molecule has 6 heteroatoms. The molecule has 0 radical (unpaired) electrons. The molecule has 2 aromatic rings. The highest BCUT2D eigenvalue weighted by Gasteiger charge is 2.12. The number of carbonyl (C=O) groups is 1. The Kier molecular flexibility index (Phi) is 4.12. The van der Waals surface area contributed by atoms with Crippen molar-refractivity contribution in [1.82, 2.24) is 15.5 Å². The Balaban J connectivity index is 1.81. The van der Waals surface area contributed by atoms with Crippen LogP contribution in [0.2, 0.25) is 0 Å². The van der Waals surface area contributed by atoms with E-state index >= 15 is 0 Å². The number of nitrogens with zero attached hydrogens (tertiary/aromatic N) is 2. The third kappa shape index (κ3) is 3.54. The first-order chi connectivity index (χ1) is 9.19. The highest BCUT2D eigenvalue weighted by Crippen LogP contribution is 2.11. The van der Waals surface area contributed by atoms with Gasteiger partial charge in [-0.05, 0) is 31.0 Å². The zero-order valence-corrected chi connectivity index (χ0v) is 10.8. The van der Waals surface area contributed by atoms with E-state index in [2.05, 4.69) is 15.5 Å². The van der Waals surface area contributed by atoms with E-state index in [1.54, 1.807) is 14.0 Å². The maximum absolute atomic E-state index is 11.6. The van der Waals surface area contributed by atoms with E-state index in [0.717, 1.165) is 17.7 Å². The van der Waals surface area contributed by atoms with E-state index in [-0.39, 0.29) is 11.8 Å². The SMILES string of the molecule is COc1ccc(CCNC(=O)c2nc(C)no2)cc1. The van der Waals surface area contributed by atoms with Gasteiger partial charge in [-0.2, -0.15) is 4.98 Å². The van der Waals surface area contributed by atoms with Crippen LogP contribution in [0.3, 0.4) is 0 Å². The molecule has 6 nitrogen and oxygen atoms in total. The second-order valence-corrected chi connectivity index (χ2v) is 4.00. The van der Waals surface area contributed by atoms with E-state index in [1.807, 2.05) is 24.3 Å². The van der Waals surface area contributed by atoms with Crippen molar-refractivity contribution in [3.63, 3.8) is 0 Å². The van der Waals surface area contributed by atoms with Gasteiger partial charge in [0.2, 0.25) is 0 Å². The topological polar surface area (TPSA) is 77.2 Å². The van der Waals surface area contributed by atoms with Gasteiger partial charge in [-0.15, -0.1) is 0 Å². The molecule has 0 atom stereocenters. The van der Waals surface area contributed by atoms with Crippen LogP contribution in [0.1, 0.15) is 22.1 Å². The Hall–Kier alpha value is -2.37. The number of aromatic nitrogens is 2. The highest BCUT2D eigenvalue weighted by molar-refractivity contribution is 5.89. The number of rotatable bonds is 5. The van der Waals surface area contributed by atoms with Gasteiger partial charge < -0.3 is 14.6 Å². The fraction of sp³-hybridized carbons (Fsp3) is 0.308. The van der Waals surface area contributed by atoms with Gasteiger partial charge in [-0.3, -0.25) is 4.79 Å². The van der Waals surface area contributed by atoms with Crippen molar-refractivity contribution in [3.8, 4) is 5.75 Å². The number of carbonyl (C=O) groups excluding carboxylic acids is 1. The van der Waals surface area contributed by atoms with Crippen LogP contribution < -0.4 is 10.1 Å². The summed E-state index contributed by atoms with van der Waals surface area (Å²) in [6.45, 7) is 2.17. The van der Waals surface area contributed by atoms with Gasteiger partial charge in [0.05, 0.1) is 7.11 Å². The number of methoxy groups -OCH3 is 1. The summed E-state index contributed by atoms with van der Waals surface area (Å²) < 4.78 is 9.84. The molecule has 0 unspecified atom stereocenters. The second kappa shape index (κ2) is 5.99. The van der Waals surface area contributed by atoms with Gasteiger partial charge in [0, 0.05) is 6.54 Å². The molecule has 100 valence electrons. The zero-order chi connectivity index (χ0) is 13.7. The standard InChI is InChI=1S/C13H15N3O3/c1-9-15-13(19-16-9)12(17)14-8-7-10-3-5-11(18-2)6-4-10/h3-6H,7-8H2,1-2H3,(H,14,17). The normalized spacial score (nSPS) is 10.2. The van der Waals surface area contributed by atoms with Gasteiger partial charge in [0.25, 0.3) is 0 Å². The molecule has 1 N–H and O–H groups in total. The lowest BCUT2D eigenvalue weighted by atomic mass is 10.1. The van der Waals surface area contributed by atoms with Crippen LogP contribution in [0.4, 0.5) is 0 Å². The van der Waals surface area contributed by atoms with Crippen LogP contribution in [0.5, 0.6) is 5.75 Å². The number of benzene rings is 1. The average Bonchev–Trinajstić information content (AvgIpc) is 2.86. The van der Waals surface area contributed by atoms with E-state index in [9.17, 15) is 4.79 Å². The molecule has 1 heterocycles. The molecule has 0 saturated carbocycles. The maximum Gasteiger partial charge on any atom is 0.315 e. The Morgan fingerprint density at radius 1 is 1.37 bits per heavy atom. The minimum atomic E-state index is -0.353. The molecule has 0 aliphatic rings. The van der Waals surface area contributed by atoms with Gasteiger partial charge in [-0.25, -0.2) is 0 Å². The summed E-state index contributed by atoms with van der Waals surface area (Å²) in [6, 6.07) is 7.70. The third-order valence-corrected chi connectivity index (χ3v) is 2.58. The van der Waals surface area contributed by atoms with Gasteiger partial charge in [-0.1, -0.05) is 17.3 Å². The number of hydrogen-bond donors (Lipinski definition) is 1. The summed E-state index contributed by atoms with van der Waals surface area (Å²) in [5.41, 5.74) is 1.11. The molecule has 19 heavy (non-hydrogen) atoms. The molecule has 0 bridgehead atoms. The summed E-state index contributed by atoms with van der Waals surface area (Å²) in [5, 5.41) is 6.29. The lowest BCUT2D eigenvalue weighted by molar-refractivity contribution is 0.0910. The largest absolute Gasteiger partial charge is 0.497 e. The zero-order valence-electron chi connectivity index (χ0n) is 10.8. The first-order valence-corrected chi connectivity index (χ1v) is 5.90. The number of nitrogens with one attached hydrogen (secondary N) is 1. The number of amides is 1. The Morgan fingerprint density at radius 2 is 2.11 bits per heavy atom. The molecule has 0 fully saturated rings. The van der Waals surface area contributed by atoms with Gasteiger partial charge >= 0.3 is 11.8 Å². The predicted molar refractivity (Wildman–Crippen MR) is 68.1 cm³/mol. The molecule has 1 amide bonds.